The Labute approximate surface area is 106 Å². The Kier molecular flexibility index (Phi) is 10.7. The van der Waals surface area contributed by atoms with Gasteiger partial charge in [-0.1, -0.05) is 19.8 Å². The molecule has 4 heteroatoms. The molecule has 0 aromatic rings. The van der Waals surface area contributed by atoms with Crippen LogP contribution in [0.1, 0.15) is 52.9 Å². The zero-order valence-electron chi connectivity index (χ0n) is 10.8. The van der Waals surface area contributed by atoms with Crippen LogP contribution in [0, 0.1) is 5.92 Å². The summed E-state index contributed by atoms with van der Waals surface area (Å²) in [6.07, 6.45) is 4.98. The van der Waals surface area contributed by atoms with E-state index < -0.39 is 5.60 Å². The van der Waals surface area contributed by atoms with Gasteiger partial charge in [0, 0.05) is 6.04 Å². The number of hydrogen-bond acceptors (Lipinski definition) is 3. The molecule has 2 atom stereocenters. The van der Waals surface area contributed by atoms with Crippen LogP contribution in [-0.4, -0.2) is 28.5 Å². The van der Waals surface area contributed by atoms with Gasteiger partial charge in [-0.25, -0.2) is 0 Å². The fraction of sp³-hybridized carbons (Fsp3) is 1.00. The van der Waals surface area contributed by atoms with E-state index in [4.69, 9.17) is 10.8 Å². The lowest BCUT2D eigenvalue weighted by molar-refractivity contribution is 0.0668. The molecule has 0 amide bonds. The Morgan fingerprint density at radius 2 is 1.75 bits per heavy atom. The first-order valence-electron chi connectivity index (χ1n) is 5.94. The second kappa shape index (κ2) is 9.23. The summed E-state index contributed by atoms with van der Waals surface area (Å²) in [4.78, 5) is 0. The summed E-state index contributed by atoms with van der Waals surface area (Å²) in [6.45, 7) is 5.98. The molecule has 0 heterocycles. The third kappa shape index (κ3) is 12.2. The van der Waals surface area contributed by atoms with Crippen molar-refractivity contribution in [1.82, 2.24) is 0 Å². The molecular formula is C12H28ClNO2. The van der Waals surface area contributed by atoms with Crippen molar-refractivity contribution in [1.29, 1.82) is 0 Å². The summed E-state index contributed by atoms with van der Waals surface area (Å²) in [5.41, 5.74) is 5.09. The molecule has 0 saturated heterocycles. The van der Waals surface area contributed by atoms with Crippen LogP contribution in [0.25, 0.3) is 0 Å². The first-order chi connectivity index (χ1) is 6.85. The van der Waals surface area contributed by atoms with E-state index in [1.54, 1.807) is 0 Å². The van der Waals surface area contributed by atoms with Crippen molar-refractivity contribution in [2.24, 2.45) is 11.7 Å². The Hall–Kier alpha value is 0.170. The minimum atomic E-state index is -0.540. The van der Waals surface area contributed by atoms with Crippen LogP contribution in [-0.2, 0) is 0 Å². The zero-order valence-corrected chi connectivity index (χ0v) is 11.6. The van der Waals surface area contributed by atoms with E-state index in [1.807, 2.05) is 13.8 Å². The molecule has 0 aliphatic heterocycles. The van der Waals surface area contributed by atoms with Gasteiger partial charge in [0.25, 0.3) is 0 Å². The van der Waals surface area contributed by atoms with Gasteiger partial charge in [0.05, 0.1) is 12.2 Å². The molecule has 4 N–H and O–H groups in total. The third-order valence-corrected chi connectivity index (χ3v) is 2.75. The summed E-state index contributed by atoms with van der Waals surface area (Å²) in [5.74, 6) is 0.630. The first-order valence-corrected chi connectivity index (χ1v) is 5.94. The molecule has 0 rings (SSSR count). The number of halogens is 1. The van der Waals surface area contributed by atoms with Gasteiger partial charge < -0.3 is 15.9 Å². The van der Waals surface area contributed by atoms with Crippen LogP contribution < -0.4 is 5.73 Å². The van der Waals surface area contributed by atoms with Crippen LogP contribution in [0.3, 0.4) is 0 Å². The van der Waals surface area contributed by atoms with Crippen molar-refractivity contribution >= 4 is 12.4 Å². The topological polar surface area (TPSA) is 66.5 Å². The van der Waals surface area contributed by atoms with E-state index in [-0.39, 0.29) is 25.1 Å². The second-order valence-corrected chi connectivity index (χ2v) is 5.33. The van der Waals surface area contributed by atoms with E-state index >= 15 is 0 Å². The Bertz CT molecular complexity index is 160. The lowest BCUT2D eigenvalue weighted by Crippen LogP contribution is -2.24. The van der Waals surface area contributed by atoms with Crippen LogP contribution in [0.5, 0.6) is 0 Å². The minimum absolute atomic E-state index is 0. The Morgan fingerprint density at radius 1 is 1.19 bits per heavy atom. The highest BCUT2D eigenvalue weighted by Gasteiger charge is 2.13. The molecule has 16 heavy (non-hydrogen) atoms. The number of aliphatic hydroxyl groups excluding tert-OH is 1. The zero-order chi connectivity index (χ0) is 11.9. The highest BCUT2D eigenvalue weighted by molar-refractivity contribution is 5.85. The van der Waals surface area contributed by atoms with Gasteiger partial charge in [0.15, 0.2) is 0 Å². The quantitative estimate of drug-likeness (QED) is 0.621. The lowest BCUT2D eigenvalue weighted by atomic mass is 9.93. The predicted octanol–water partition coefficient (Wildman–Crippen LogP) is 2.09. The molecule has 100 valence electrons. The fourth-order valence-electron chi connectivity index (χ4n) is 1.62. The number of hydrogen-bond donors (Lipinski definition) is 3. The average molecular weight is 254 g/mol. The molecule has 0 aromatic heterocycles. The van der Waals surface area contributed by atoms with E-state index in [1.165, 1.54) is 0 Å². The molecule has 0 saturated carbocycles. The smallest absolute Gasteiger partial charge is 0.0591 e. The minimum Gasteiger partial charge on any atom is -0.395 e. The summed E-state index contributed by atoms with van der Waals surface area (Å²) < 4.78 is 0. The van der Waals surface area contributed by atoms with Crippen LogP contribution >= 0.6 is 12.4 Å². The maximum absolute atomic E-state index is 9.53. The molecule has 0 spiro atoms. The molecule has 0 bridgehead atoms. The Balaban J connectivity index is 0. The Morgan fingerprint density at radius 3 is 2.19 bits per heavy atom. The largest absolute Gasteiger partial charge is 0.395 e. The summed E-state index contributed by atoms with van der Waals surface area (Å²) >= 11 is 0. The summed E-state index contributed by atoms with van der Waals surface area (Å²) in [5, 5.41) is 18.3. The van der Waals surface area contributed by atoms with Crippen LogP contribution in [0.15, 0.2) is 0 Å². The van der Waals surface area contributed by atoms with E-state index in [0.29, 0.717) is 5.92 Å². The molecule has 0 aliphatic carbocycles. The standard InChI is InChI=1S/C12H27NO2.ClH/c1-10(6-7-11(13)9-14)5-4-8-12(2,3)15;/h10-11,14-15H,4-9,13H2,1-3H3;1H. The van der Waals surface area contributed by atoms with Gasteiger partial charge in [-0.05, 0) is 39.0 Å². The van der Waals surface area contributed by atoms with E-state index in [0.717, 1.165) is 32.1 Å². The summed E-state index contributed by atoms with van der Waals surface area (Å²) in [6, 6.07) is -0.0678. The third-order valence-electron chi connectivity index (χ3n) is 2.75. The predicted molar refractivity (Wildman–Crippen MR) is 70.9 cm³/mol. The maximum Gasteiger partial charge on any atom is 0.0591 e. The van der Waals surface area contributed by atoms with E-state index in [9.17, 15) is 5.11 Å². The monoisotopic (exact) mass is 253 g/mol. The molecule has 3 nitrogen and oxygen atoms in total. The number of aliphatic hydroxyl groups is 2. The number of nitrogens with two attached hydrogens (primary N) is 1. The van der Waals surface area contributed by atoms with Crippen molar-refractivity contribution in [2.45, 2.75) is 64.5 Å². The van der Waals surface area contributed by atoms with Crippen molar-refractivity contribution < 1.29 is 10.2 Å². The molecule has 0 aliphatic rings. The van der Waals surface area contributed by atoms with Gasteiger partial charge in [-0.2, -0.15) is 0 Å². The summed E-state index contributed by atoms with van der Waals surface area (Å²) in [7, 11) is 0. The van der Waals surface area contributed by atoms with E-state index in [2.05, 4.69) is 6.92 Å². The maximum atomic E-state index is 9.53. The molecule has 0 radical (unpaired) electrons. The van der Waals surface area contributed by atoms with Crippen LogP contribution in [0.4, 0.5) is 0 Å². The highest BCUT2D eigenvalue weighted by atomic mass is 35.5. The SMILES string of the molecule is CC(CCCC(C)(C)O)CCC(N)CO.Cl. The lowest BCUT2D eigenvalue weighted by Gasteiger charge is -2.19. The van der Waals surface area contributed by atoms with Gasteiger partial charge >= 0.3 is 0 Å². The van der Waals surface area contributed by atoms with Crippen molar-refractivity contribution in [3.05, 3.63) is 0 Å². The second-order valence-electron chi connectivity index (χ2n) is 5.33. The number of rotatable bonds is 8. The first kappa shape index (κ1) is 18.5. The van der Waals surface area contributed by atoms with Gasteiger partial charge in [0.2, 0.25) is 0 Å². The van der Waals surface area contributed by atoms with Crippen molar-refractivity contribution in [2.75, 3.05) is 6.61 Å². The van der Waals surface area contributed by atoms with Gasteiger partial charge in [-0.3, -0.25) is 0 Å². The molecule has 2 unspecified atom stereocenters. The average Bonchev–Trinajstić information content (AvgIpc) is 2.12. The van der Waals surface area contributed by atoms with Crippen LogP contribution in [0.2, 0.25) is 0 Å². The van der Waals surface area contributed by atoms with Gasteiger partial charge in [0.1, 0.15) is 0 Å². The normalized spacial score (nSPS) is 15.4. The van der Waals surface area contributed by atoms with Crippen molar-refractivity contribution in [3.8, 4) is 0 Å². The molecule has 0 aromatic carbocycles. The fourth-order valence-corrected chi connectivity index (χ4v) is 1.62. The molecular weight excluding hydrogens is 226 g/mol. The van der Waals surface area contributed by atoms with Crippen molar-refractivity contribution in [3.63, 3.8) is 0 Å². The highest BCUT2D eigenvalue weighted by Crippen LogP contribution is 2.18. The molecule has 0 fully saturated rings. The van der Waals surface area contributed by atoms with Gasteiger partial charge in [-0.15, -0.1) is 12.4 Å².